The van der Waals surface area contributed by atoms with Gasteiger partial charge in [-0.3, -0.25) is 4.57 Å². The van der Waals surface area contributed by atoms with Crippen LogP contribution in [0.4, 0.5) is 5.82 Å². The Morgan fingerprint density at radius 1 is 0.972 bits per heavy atom. The maximum Gasteiger partial charge on any atom is 0.338 e. The van der Waals surface area contributed by atoms with Gasteiger partial charge in [0.05, 0.1) is 11.1 Å². The number of fused-ring (bicyclic) bond motifs is 1. The first kappa shape index (κ1) is 23.7. The zero-order chi connectivity index (χ0) is 25.2. The lowest BCUT2D eigenvalue weighted by atomic mass is 10.1. The number of imidazole rings is 1. The van der Waals surface area contributed by atoms with E-state index in [9.17, 15) is 9.59 Å². The second-order valence-electron chi connectivity index (χ2n) is 8.15. The number of hydrogen-bond acceptors (Lipinski definition) is 9. The van der Waals surface area contributed by atoms with Gasteiger partial charge >= 0.3 is 11.9 Å². The Hall–Kier alpha value is -4.02. The largest absolute Gasteiger partial charge is 0.452 e. The molecule has 0 aliphatic carbocycles. The zero-order valence-electron chi connectivity index (χ0n) is 19.2. The predicted molar refractivity (Wildman–Crippen MR) is 130 cm³/mol. The summed E-state index contributed by atoms with van der Waals surface area (Å²) in [6, 6.07) is 17.1. The van der Waals surface area contributed by atoms with Crippen LogP contribution >= 0.6 is 11.6 Å². The van der Waals surface area contributed by atoms with E-state index in [0.29, 0.717) is 23.1 Å². The van der Waals surface area contributed by atoms with Crippen molar-refractivity contribution in [1.29, 1.82) is 0 Å². The van der Waals surface area contributed by atoms with Gasteiger partial charge in [0.1, 0.15) is 17.9 Å². The lowest BCUT2D eigenvalue weighted by Crippen LogP contribution is -2.39. The number of nitrogens with two attached hydrogens (primary N) is 1. The molecule has 36 heavy (non-hydrogen) atoms. The standard InChI is InChI=1S/C25H22ClN5O5/c1-2-16-18(35-23(32)14-9-5-3-6-10-14)19(36-24(33)15-11-7-4-8-12-15)22(34-16)31-13-28-21-17(31)20(27)29-25(26)30-21/h3-13,16,18-19,22H,2H2,1H3,(H2,27,29,30)/t16-,18+,19?,22+/m1/s1. The maximum absolute atomic E-state index is 13.1. The Morgan fingerprint density at radius 3 is 2.14 bits per heavy atom. The fourth-order valence-electron chi connectivity index (χ4n) is 4.20. The molecule has 0 spiro atoms. The summed E-state index contributed by atoms with van der Waals surface area (Å²) in [5, 5.41) is -0.0502. The molecule has 184 valence electrons. The summed E-state index contributed by atoms with van der Waals surface area (Å²) in [5.41, 5.74) is 7.44. The Kier molecular flexibility index (Phi) is 6.53. The third kappa shape index (κ3) is 4.48. The number of benzene rings is 2. The van der Waals surface area contributed by atoms with Gasteiger partial charge in [0.15, 0.2) is 29.9 Å². The van der Waals surface area contributed by atoms with Gasteiger partial charge in [0, 0.05) is 0 Å². The molecule has 2 N–H and O–H groups in total. The lowest BCUT2D eigenvalue weighted by molar-refractivity contribution is -0.0487. The van der Waals surface area contributed by atoms with E-state index in [4.69, 9.17) is 31.5 Å². The number of esters is 2. The summed E-state index contributed by atoms with van der Waals surface area (Å²) < 4.78 is 19.7. The molecule has 3 heterocycles. The number of rotatable bonds is 6. The molecule has 10 nitrogen and oxygen atoms in total. The Balaban J connectivity index is 1.54. The van der Waals surface area contributed by atoms with E-state index in [2.05, 4.69) is 15.0 Å². The molecule has 0 radical (unpaired) electrons. The molecular weight excluding hydrogens is 486 g/mol. The van der Waals surface area contributed by atoms with Crippen LogP contribution in [0, 0.1) is 0 Å². The van der Waals surface area contributed by atoms with Crippen LogP contribution in [-0.4, -0.2) is 49.8 Å². The molecule has 0 saturated carbocycles. The average Bonchev–Trinajstić information content (AvgIpc) is 3.46. The minimum Gasteiger partial charge on any atom is -0.452 e. The van der Waals surface area contributed by atoms with E-state index in [1.54, 1.807) is 65.2 Å². The van der Waals surface area contributed by atoms with Crippen molar-refractivity contribution in [3.05, 3.63) is 83.4 Å². The van der Waals surface area contributed by atoms with Crippen molar-refractivity contribution < 1.29 is 23.8 Å². The normalized spacial score (nSPS) is 21.4. The second kappa shape index (κ2) is 9.92. The van der Waals surface area contributed by atoms with Crippen LogP contribution in [0.1, 0.15) is 40.3 Å². The summed E-state index contributed by atoms with van der Waals surface area (Å²) in [5.74, 6) is -1.07. The number of anilines is 1. The molecule has 4 atom stereocenters. The molecule has 4 aromatic rings. The Morgan fingerprint density at radius 2 is 1.56 bits per heavy atom. The molecule has 11 heteroatoms. The summed E-state index contributed by atoms with van der Waals surface area (Å²) in [4.78, 5) is 38.4. The first-order chi connectivity index (χ1) is 17.5. The summed E-state index contributed by atoms with van der Waals surface area (Å²) in [6.45, 7) is 1.88. The molecule has 1 unspecified atom stereocenters. The monoisotopic (exact) mass is 507 g/mol. The van der Waals surface area contributed by atoms with Crippen LogP contribution in [0.3, 0.4) is 0 Å². The highest BCUT2D eigenvalue weighted by Gasteiger charge is 2.50. The van der Waals surface area contributed by atoms with Crippen molar-refractivity contribution in [2.45, 2.75) is 37.9 Å². The maximum atomic E-state index is 13.1. The van der Waals surface area contributed by atoms with E-state index in [1.807, 2.05) is 6.92 Å². The van der Waals surface area contributed by atoms with E-state index < -0.39 is 36.5 Å². The van der Waals surface area contributed by atoms with Crippen LogP contribution in [0.25, 0.3) is 11.2 Å². The van der Waals surface area contributed by atoms with Crippen molar-refractivity contribution in [2.75, 3.05) is 5.73 Å². The lowest BCUT2D eigenvalue weighted by Gasteiger charge is -2.25. The second-order valence-corrected chi connectivity index (χ2v) is 8.49. The minimum absolute atomic E-state index is 0.0502. The molecule has 1 fully saturated rings. The van der Waals surface area contributed by atoms with Gasteiger partial charge in [0.25, 0.3) is 0 Å². The molecule has 0 bridgehead atoms. The molecule has 2 aromatic heterocycles. The van der Waals surface area contributed by atoms with Crippen LogP contribution in [0.5, 0.6) is 0 Å². The number of carbonyl (C=O) groups excluding carboxylic acids is 2. The van der Waals surface area contributed by atoms with E-state index in [-0.39, 0.29) is 16.7 Å². The van der Waals surface area contributed by atoms with E-state index in [0.717, 1.165) is 0 Å². The Bertz CT molecular complexity index is 1400. The van der Waals surface area contributed by atoms with Gasteiger partial charge in [-0.1, -0.05) is 43.3 Å². The minimum atomic E-state index is -1.03. The van der Waals surface area contributed by atoms with Crippen LogP contribution < -0.4 is 5.73 Å². The van der Waals surface area contributed by atoms with E-state index >= 15 is 0 Å². The molecule has 1 aliphatic rings. The number of aromatic nitrogens is 4. The van der Waals surface area contributed by atoms with Crippen LogP contribution in [0.2, 0.25) is 5.28 Å². The highest BCUT2D eigenvalue weighted by atomic mass is 35.5. The van der Waals surface area contributed by atoms with Crippen molar-refractivity contribution in [3.63, 3.8) is 0 Å². The molecule has 2 aromatic carbocycles. The first-order valence-electron chi connectivity index (χ1n) is 11.3. The fraction of sp³-hybridized carbons (Fsp3) is 0.240. The smallest absolute Gasteiger partial charge is 0.338 e. The van der Waals surface area contributed by atoms with E-state index in [1.165, 1.54) is 6.33 Å². The SMILES string of the molecule is CC[C@H]1O[C@H](n2cnc3nc(Cl)nc(N)c32)C(OC(=O)c2ccccc2)[C@H]1OC(=O)c1ccccc1. The molecule has 1 aliphatic heterocycles. The van der Waals surface area contributed by atoms with Crippen molar-refractivity contribution in [3.8, 4) is 0 Å². The summed E-state index contributed by atoms with van der Waals surface area (Å²) in [6.07, 6.45) is -1.51. The predicted octanol–water partition coefficient (Wildman–Crippen LogP) is 3.82. The Labute approximate surface area is 211 Å². The van der Waals surface area contributed by atoms with Gasteiger partial charge in [-0.2, -0.15) is 9.97 Å². The number of carbonyl (C=O) groups is 2. The number of ether oxygens (including phenoxy) is 3. The quantitative estimate of drug-likeness (QED) is 0.305. The van der Waals surface area contributed by atoms with Crippen molar-refractivity contribution in [1.82, 2.24) is 19.5 Å². The van der Waals surface area contributed by atoms with Crippen molar-refractivity contribution in [2.24, 2.45) is 0 Å². The number of halogens is 1. The highest BCUT2D eigenvalue weighted by Crippen LogP contribution is 2.38. The van der Waals surface area contributed by atoms with Gasteiger partial charge < -0.3 is 19.9 Å². The average molecular weight is 508 g/mol. The van der Waals surface area contributed by atoms with Crippen molar-refractivity contribution >= 4 is 40.5 Å². The first-order valence-corrected chi connectivity index (χ1v) is 11.7. The third-order valence-corrected chi connectivity index (χ3v) is 6.06. The van der Waals surface area contributed by atoms with Crippen LogP contribution in [0.15, 0.2) is 67.0 Å². The zero-order valence-corrected chi connectivity index (χ0v) is 19.9. The molecule has 1 saturated heterocycles. The topological polar surface area (TPSA) is 131 Å². The number of nitrogens with zero attached hydrogens (tertiary/aromatic N) is 4. The molecule has 5 rings (SSSR count). The van der Waals surface area contributed by atoms with Gasteiger partial charge in [-0.15, -0.1) is 0 Å². The highest BCUT2D eigenvalue weighted by molar-refractivity contribution is 6.28. The summed E-state index contributed by atoms with van der Waals surface area (Å²) >= 11 is 5.93. The molecule has 0 amide bonds. The third-order valence-electron chi connectivity index (χ3n) is 5.90. The van der Waals surface area contributed by atoms with Crippen LogP contribution in [-0.2, 0) is 14.2 Å². The number of hydrogen-bond donors (Lipinski definition) is 1. The van der Waals surface area contributed by atoms with Gasteiger partial charge in [-0.25, -0.2) is 14.6 Å². The summed E-state index contributed by atoms with van der Waals surface area (Å²) in [7, 11) is 0. The fourth-order valence-corrected chi connectivity index (χ4v) is 4.37. The number of nitrogen functional groups attached to an aromatic ring is 1. The molecular formula is C25H22ClN5O5. The van der Waals surface area contributed by atoms with Gasteiger partial charge in [-0.05, 0) is 42.3 Å². The van der Waals surface area contributed by atoms with Gasteiger partial charge in [0.2, 0.25) is 5.28 Å².